The number of aromatic nitrogens is 1. The molecule has 0 saturated heterocycles. The highest BCUT2D eigenvalue weighted by molar-refractivity contribution is 7.22. The van der Waals surface area contributed by atoms with Gasteiger partial charge in [-0.05, 0) is 62.3 Å². The number of carbonyl (C=O) groups is 2. The van der Waals surface area contributed by atoms with Crippen LogP contribution in [0.2, 0.25) is 0 Å². The van der Waals surface area contributed by atoms with Gasteiger partial charge in [0.15, 0.2) is 0 Å². The van der Waals surface area contributed by atoms with E-state index in [0.717, 1.165) is 32.6 Å². The summed E-state index contributed by atoms with van der Waals surface area (Å²) in [6.07, 6.45) is 4.36. The summed E-state index contributed by atoms with van der Waals surface area (Å²) in [5.41, 5.74) is 1.24. The minimum absolute atomic E-state index is 0.100. The average molecular weight is 456 g/mol. The molecule has 3 N–H and O–H groups in total. The molecule has 1 aromatic carbocycles. The molecule has 2 amide bonds. The number of hydrogen-bond donors (Lipinski definition) is 3. The summed E-state index contributed by atoms with van der Waals surface area (Å²) in [5, 5.41) is 16.5. The molecule has 3 rings (SSSR count). The number of alkyl carbamates (subject to hydrolysis) is 1. The van der Waals surface area contributed by atoms with Crippen molar-refractivity contribution in [3.63, 3.8) is 0 Å². The van der Waals surface area contributed by atoms with Gasteiger partial charge in [0.25, 0.3) is 0 Å². The van der Waals surface area contributed by atoms with E-state index in [1.54, 1.807) is 33.2 Å². The third-order valence-corrected chi connectivity index (χ3v) is 5.74. The highest BCUT2D eigenvalue weighted by atomic mass is 32.1. The largest absolute Gasteiger partial charge is 0.444 e. The number of aliphatic hydroxyl groups excluding tert-OH is 1. The van der Waals surface area contributed by atoms with Gasteiger partial charge in [-0.1, -0.05) is 24.3 Å². The maximum Gasteiger partial charge on any atom is 0.407 e. The van der Waals surface area contributed by atoms with E-state index in [1.807, 2.05) is 36.4 Å². The molecular formula is C24H29N3O4S. The second-order valence-electron chi connectivity index (χ2n) is 8.52. The lowest BCUT2D eigenvalue weighted by molar-refractivity contribution is -0.117. The summed E-state index contributed by atoms with van der Waals surface area (Å²) >= 11 is 1.45. The molecule has 2 aromatic heterocycles. The van der Waals surface area contributed by atoms with Gasteiger partial charge in [0.2, 0.25) is 5.91 Å². The van der Waals surface area contributed by atoms with Crippen molar-refractivity contribution in [1.29, 1.82) is 0 Å². The molecule has 0 saturated carbocycles. The number of hydrogen-bond acceptors (Lipinski definition) is 6. The van der Waals surface area contributed by atoms with E-state index < -0.39 is 17.6 Å². The van der Waals surface area contributed by atoms with Crippen molar-refractivity contribution in [1.82, 2.24) is 10.3 Å². The highest BCUT2D eigenvalue weighted by Crippen LogP contribution is 2.30. The predicted molar refractivity (Wildman–Crippen MR) is 127 cm³/mol. The smallest absolute Gasteiger partial charge is 0.407 e. The second-order valence-corrected chi connectivity index (χ2v) is 9.60. The van der Waals surface area contributed by atoms with Crippen molar-refractivity contribution in [3.8, 4) is 0 Å². The van der Waals surface area contributed by atoms with Crippen LogP contribution in [-0.2, 0) is 16.0 Å². The van der Waals surface area contributed by atoms with Crippen molar-refractivity contribution in [2.45, 2.75) is 45.1 Å². The van der Waals surface area contributed by atoms with Gasteiger partial charge in [-0.2, -0.15) is 0 Å². The molecule has 0 radical (unpaired) electrons. The minimum atomic E-state index is -0.624. The summed E-state index contributed by atoms with van der Waals surface area (Å²) in [7, 11) is 0. The van der Waals surface area contributed by atoms with Crippen LogP contribution in [0.4, 0.5) is 9.80 Å². The first-order chi connectivity index (χ1) is 15.2. The molecule has 7 nitrogen and oxygen atoms in total. The lowest BCUT2D eigenvalue weighted by Crippen LogP contribution is -2.37. The molecule has 0 bridgehead atoms. The first-order valence-corrected chi connectivity index (χ1v) is 11.4. The van der Waals surface area contributed by atoms with Crippen molar-refractivity contribution in [3.05, 3.63) is 59.9 Å². The molecule has 2 heterocycles. The van der Waals surface area contributed by atoms with Crippen LogP contribution in [0.15, 0.2) is 48.8 Å². The Kier molecular flexibility index (Phi) is 7.82. The molecule has 32 heavy (non-hydrogen) atoms. The fourth-order valence-corrected chi connectivity index (χ4v) is 4.15. The number of amides is 2. The van der Waals surface area contributed by atoms with Crippen LogP contribution in [0.1, 0.15) is 44.2 Å². The molecule has 0 aliphatic carbocycles. The summed E-state index contributed by atoms with van der Waals surface area (Å²) in [6, 6.07) is 11.5. The normalized spacial score (nSPS) is 12.4. The zero-order valence-corrected chi connectivity index (χ0v) is 19.4. The number of ether oxygens (including phenoxy) is 1. The van der Waals surface area contributed by atoms with Gasteiger partial charge in [0.05, 0.1) is 15.6 Å². The van der Waals surface area contributed by atoms with E-state index in [9.17, 15) is 9.59 Å². The number of nitrogens with one attached hydrogen (secondary N) is 2. The van der Waals surface area contributed by atoms with Gasteiger partial charge < -0.3 is 20.5 Å². The van der Waals surface area contributed by atoms with Gasteiger partial charge in [-0.25, -0.2) is 4.79 Å². The Balaban J connectivity index is 1.76. The van der Waals surface area contributed by atoms with Crippen molar-refractivity contribution in [2.24, 2.45) is 0 Å². The lowest BCUT2D eigenvalue weighted by atomic mass is 9.96. The number of rotatable bonds is 8. The zero-order chi connectivity index (χ0) is 23.1. The van der Waals surface area contributed by atoms with E-state index in [1.165, 1.54) is 11.3 Å². The van der Waals surface area contributed by atoms with Crippen molar-refractivity contribution >= 4 is 38.4 Å². The Bertz CT molecular complexity index is 1020. The summed E-state index contributed by atoms with van der Waals surface area (Å²) in [4.78, 5) is 29.5. The average Bonchev–Trinajstić information content (AvgIpc) is 3.14. The number of aryl methyl sites for hydroxylation is 1. The number of aliphatic hydroxyl groups is 1. The topological polar surface area (TPSA) is 101 Å². The first kappa shape index (κ1) is 23.7. The number of benzene rings is 1. The van der Waals surface area contributed by atoms with Crippen LogP contribution in [0.5, 0.6) is 0 Å². The number of carbonyl (C=O) groups excluding carboxylic acids is 2. The number of fused-ring (bicyclic) bond motifs is 1. The Labute approximate surface area is 191 Å². The molecule has 3 aromatic rings. The van der Waals surface area contributed by atoms with E-state index in [4.69, 9.17) is 9.84 Å². The molecule has 1 unspecified atom stereocenters. The number of nitrogens with zero attached hydrogens (tertiary/aromatic N) is 1. The third kappa shape index (κ3) is 6.77. The maximum atomic E-state index is 13.2. The Morgan fingerprint density at radius 1 is 1.19 bits per heavy atom. The molecule has 8 heteroatoms. The monoisotopic (exact) mass is 455 g/mol. The van der Waals surface area contributed by atoms with Crippen molar-refractivity contribution < 1.29 is 19.4 Å². The molecule has 1 atom stereocenters. The van der Waals surface area contributed by atoms with Crippen LogP contribution in [0.25, 0.3) is 10.1 Å². The predicted octanol–water partition coefficient (Wildman–Crippen LogP) is 4.47. The van der Waals surface area contributed by atoms with Crippen LogP contribution in [0, 0.1) is 0 Å². The first-order valence-electron chi connectivity index (χ1n) is 10.6. The van der Waals surface area contributed by atoms with E-state index in [2.05, 4.69) is 15.6 Å². The molecular weight excluding hydrogens is 426 g/mol. The number of anilines is 1. The third-order valence-electron chi connectivity index (χ3n) is 4.74. The van der Waals surface area contributed by atoms with Crippen LogP contribution in [-0.4, -0.2) is 40.8 Å². The Hall–Kier alpha value is -2.97. The SMILES string of the molecule is CC(C)(C)OC(=O)NCC(C(=O)Nc1cc2ccncc2s1)c1ccc(CCCO)cc1. The summed E-state index contributed by atoms with van der Waals surface area (Å²) in [6.45, 7) is 5.61. The molecule has 0 spiro atoms. The van der Waals surface area contributed by atoms with Crippen LogP contribution < -0.4 is 10.6 Å². The fraction of sp³-hybridized carbons (Fsp3) is 0.375. The van der Waals surface area contributed by atoms with Gasteiger partial charge >= 0.3 is 6.09 Å². The summed E-state index contributed by atoms with van der Waals surface area (Å²) < 4.78 is 6.30. The Morgan fingerprint density at radius 3 is 2.59 bits per heavy atom. The fourth-order valence-electron chi connectivity index (χ4n) is 3.22. The molecule has 0 aliphatic rings. The second kappa shape index (κ2) is 10.6. The van der Waals surface area contributed by atoms with E-state index >= 15 is 0 Å². The minimum Gasteiger partial charge on any atom is -0.444 e. The van der Waals surface area contributed by atoms with Gasteiger partial charge in [-0.15, -0.1) is 11.3 Å². The molecule has 170 valence electrons. The highest BCUT2D eigenvalue weighted by Gasteiger charge is 2.24. The van der Waals surface area contributed by atoms with Crippen LogP contribution in [0.3, 0.4) is 0 Å². The van der Waals surface area contributed by atoms with Gasteiger partial charge in [-0.3, -0.25) is 9.78 Å². The standard InChI is InChI=1S/C24H29N3O4S/c1-24(2,3)31-23(30)26-14-19(17-8-6-16(7-9-17)5-4-12-28)22(29)27-21-13-18-10-11-25-15-20(18)32-21/h6-11,13,15,19,28H,4-5,12,14H2,1-3H3,(H,26,30)(H,27,29). The zero-order valence-electron chi connectivity index (χ0n) is 18.6. The Morgan fingerprint density at radius 2 is 1.94 bits per heavy atom. The van der Waals surface area contributed by atoms with Crippen molar-refractivity contribution in [2.75, 3.05) is 18.5 Å². The number of thiophene rings is 1. The lowest BCUT2D eigenvalue weighted by Gasteiger charge is -2.22. The molecule has 0 fully saturated rings. The van der Waals surface area contributed by atoms with Gasteiger partial charge in [0, 0.05) is 25.5 Å². The summed E-state index contributed by atoms with van der Waals surface area (Å²) in [5.74, 6) is -0.818. The number of pyridine rings is 1. The van der Waals surface area contributed by atoms with E-state index in [0.29, 0.717) is 6.42 Å². The maximum absolute atomic E-state index is 13.2. The van der Waals surface area contributed by atoms with Crippen LogP contribution >= 0.6 is 11.3 Å². The quantitative estimate of drug-likeness (QED) is 0.465. The van der Waals surface area contributed by atoms with Gasteiger partial charge in [0.1, 0.15) is 5.60 Å². The molecule has 0 aliphatic heterocycles. The van der Waals surface area contributed by atoms with E-state index in [-0.39, 0.29) is 19.1 Å².